The van der Waals surface area contributed by atoms with Crippen LogP contribution >= 0.6 is 0 Å². The second-order valence-electron chi connectivity index (χ2n) is 16.1. The van der Waals surface area contributed by atoms with Gasteiger partial charge in [-0.05, 0) is 104 Å². The molecule has 1 aliphatic carbocycles. The molecule has 0 spiro atoms. The minimum atomic E-state index is -0.139. The molecular weight excluding hydrogens is 715 g/mol. The summed E-state index contributed by atoms with van der Waals surface area (Å²) < 4.78 is 6.71. The van der Waals surface area contributed by atoms with Gasteiger partial charge in [0, 0.05) is 38.8 Å². The minimum Gasteiger partial charge on any atom is -0.455 e. The van der Waals surface area contributed by atoms with Crippen molar-refractivity contribution >= 4 is 39.0 Å². The van der Waals surface area contributed by atoms with Crippen molar-refractivity contribution in [2.45, 2.75) is 19.3 Å². The van der Waals surface area contributed by atoms with Crippen LogP contribution in [0.2, 0.25) is 0 Å². The Morgan fingerprint density at radius 1 is 0.339 bits per heavy atom. The van der Waals surface area contributed by atoms with Crippen LogP contribution in [0.15, 0.2) is 217 Å². The first-order chi connectivity index (χ1) is 29.0. The maximum Gasteiger partial charge on any atom is 0.143 e. The summed E-state index contributed by atoms with van der Waals surface area (Å²) in [5, 5.41) is 2.19. The van der Waals surface area contributed by atoms with Crippen LogP contribution in [0, 0.1) is 0 Å². The van der Waals surface area contributed by atoms with Crippen molar-refractivity contribution in [1.29, 1.82) is 0 Å². The number of anilines is 3. The van der Waals surface area contributed by atoms with Crippen LogP contribution in [0.4, 0.5) is 17.1 Å². The van der Waals surface area contributed by atoms with E-state index in [1.165, 1.54) is 55.6 Å². The van der Waals surface area contributed by atoms with E-state index in [4.69, 9.17) is 4.42 Å². The molecule has 1 heterocycles. The topological polar surface area (TPSA) is 16.4 Å². The molecule has 0 aliphatic heterocycles. The SMILES string of the molecule is CC1(C)c2ccccc2-c2ccc(N(c3ccc(-c4ccc(-c5ccccc5)cc4)cc3)c3cc(-c4ccc(-c5ccccc5)cc4)c4oc5ccccc5c4c3)cc21. The Labute approximate surface area is 345 Å². The largest absolute Gasteiger partial charge is 0.455 e. The number of para-hydroxylation sites is 1. The third kappa shape index (κ3) is 5.96. The van der Waals surface area contributed by atoms with Crippen LogP contribution in [0.1, 0.15) is 25.0 Å². The van der Waals surface area contributed by atoms with Gasteiger partial charge >= 0.3 is 0 Å². The van der Waals surface area contributed by atoms with Crippen LogP contribution in [0.25, 0.3) is 77.6 Å². The van der Waals surface area contributed by atoms with E-state index in [-0.39, 0.29) is 5.41 Å². The number of rotatable bonds is 7. The molecule has 280 valence electrons. The maximum atomic E-state index is 6.71. The van der Waals surface area contributed by atoms with Gasteiger partial charge in [0.25, 0.3) is 0 Å². The van der Waals surface area contributed by atoms with Crippen LogP contribution in [0.3, 0.4) is 0 Å². The number of nitrogens with zero attached hydrogens (tertiary/aromatic N) is 1. The van der Waals surface area contributed by atoms with E-state index in [0.29, 0.717) is 0 Å². The first kappa shape index (κ1) is 34.8. The zero-order chi connectivity index (χ0) is 39.5. The lowest BCUT2D eigenvalue weighted by atomic mass is 9.82. The fourth-order valence-electron chi connectivity index (χ4n) is 9.20. The highest BCUT2D eigenvalue weighted by Crippen LogP contribution is 2.51. The lowest BCUT2D eigenvalue weighted by Crippen LogP contribution is -2.16. The molecule has 1 aliphatic rings. The maximum absolute atomic E-state index is 6.71. The standard InChI is InChI=1S/C57H41NO/c1-57(2)53-19-11-9-17-48(53)49-34-33-46(37-54(49)57)58(45-31-29-43(30-32-45)42-23-21-40(22-24-42)38-13-5-3-6-14-38)47-35-51(56-52(36-47)50-18-10-12-20-55(50)59-56)44-27-25-41(26-28-44)39-15-7-4-8-16-39/h3-37H,1-2H3. The minimum absolute atomic E-state index is 0.139. The van der Waals surface area contributed by atoms with Gasteiger partial charge in [0.1, 0.15) is 11.2 Å². The average molecular weight is 756 g/mol. The molecule has 0 bridgehead atoms. The molecule has 0 saturated carbocycles. The lowest BCUT2D eigenvalue weighted by molar-refractivity contribution is 0.660. The summed E-state index contributed by atoms with van der Waals surface area (Å²) in [5.41, 5.74) is 19.6. The van der Waals surface area contributed by atoms with E-state index < -0.39 is 0 Å². The zero-order valence-corrected chi connectivity index (χ0v) is 33.1. The molecule has 2 heteroatoms. The Bertz CT molecular complexity index is 3140. The van der Waals surface area contributed by atoms with Gasteiger partial charge in [-0.3, -0.25) is 0 Å². The summed E-state index contributed by atoms with van der Waals surface area (Å²) in [6, 6.07) is 76.8. The van der Waals surface area contributed by atoms with Crippen molar-refractivity contribution in [1.82, 2.24) is 0 Å². The highest BCUT2D eigenvalue weighted by molar-refractivity contribution is 6.11. The molecular formula is C57H41NO. The van der Waals surface area contributed by atoms with E-state index in [9.17, 15) is 0 Å². The molecule has 1 aromatic heterocycles. The second-order valence-corrected chi connectivity index (χ2v) is 16.1. The highest BCUT2D eigenvalue weighted by Gasteiger charge is 2.36. The van der Waals surface area contributed by atoms with Gasteiger partial charge in [-0.1, -0.05) is 184 Å². The zero-order valence-electron chi connectivity index (χ0n) is 33.1. The molecule has 11 rings (SSSR count). The van der Waals surface area contributed by atoms with Crippen LogP contribution < -0.4 is 4.90 Å². The van der Waals surface area contributed by atoms with Crippen LogP contribution in [-0.2, 0) is 5.41 Å². The van der Waals surface area contributed by atoms with Gasteiger partial charge in [-0.25, -0.2) is 0 Å². The molecule has 0 atom stereocenters. The molecule has 0 amide bonds. The van der Waals surface area contributed by atoms with E-state index in [0.717, 1.165) is 50.1 Å². The van der Waals surface area contributed by atoms with Crippen molar-refractivity contribution in [3.8, 4) is 55.6 Å². The molecule has 0 fully saturated rings. The Balaban J connectivity index is 1.08. The molecule has 0 radical (unpaired) electrons. The van der Waals surface area contributed by atoms with Gasteiger partial charge in [0.2, 0.25) is 0 Å². The Kier molecular flexibility index (Phi) is 8.20. The third-order valence-corrected chi connectivity index (χ3v) is 12.3. The summed E-state index contributed by atoms with van der Waals surface area (Å²) in [5.74, 6) is 0. The Morgan fingerprint density at radius 2 is 0.831 bits per heavy atom. The van der Waals surface area contributed by atoms with Gasteiger partial charge in [-0.2, -0.15) is 0 Å². The van der Waals surface area contributed by atoms with E-state index in [1.807, 2.05) is 6.07 Å². The smallest absolute Gasteiger partial charge is 0.143 e. The molecule has 0 N–H and O–H groups in total. The fourth-order valence-corrected chi connectivity index (χ4v) is 9.20. The van der Waals surface area contributed by atoms with Crippen LogP contribution in [-0.4, -0.2) is 0 Å². The molecule has 10 aromatic rings. The first-order valence-electron chi connectivity index (χ1n) is 20.4. The van der Waals surface area contributed by atoms with Gasteiger partial charge < -0.3 is 9.32 Å². The van der Waals surface area contributed by atoms with Crippen molar-refractivity contribution in [3.63, 3.8) is 0 Å². The average Bonchev–Trinajstić information content (AvgIpc) is 3.79. The van der Waals surface area contributed by atoms with Crippen molar-refractivity contribution in [2.75, 3.05) is 4.90 Å². The summed E-state index contributed by atoms with van der Waals surface area (Å²) in [4.78, 5) is 2.42. The second kappa shape index (κ2) is 13.9. The molecule has 0 saturated heterocycles. The summed E-state index contributed by atoms with van der Waals surface area (Å²) in [6.45, 7) is 4.70. The van der Waals surface area contributed by atoms with Crippen LogP contribution in [0.5, 0.6) is 0 Å². The number of hydrogen-bond acceptors (Lipinski definition) is 2. The first-order valence-corrected chi connectivity index (χ1v) is 20.4. The predicted octanol–water partition coefficient (Wildman–Crippen LogP) is 16.0. The molecule has 9 aromatic carbocycles. The van der Waals surface area contributed by atoms with Crippen molar-refractivity contribution in [3.05, 3.63) is 223 Å². The summed E-state index contributed by atoms with van der Waals surface area (Å²) >= 11 is 0. The third-order valence-electron chi connectivity index (χ3n) is 12.3. The fraction of sp³-hybridized carbons (Fsp3) is 0.0526. The lowest BCUT2D eigenvalue weighted by Gasteiger charge is -2.29. The van der Waals surface area contributed by atoms with Crippen molar-refractivity contribution < 1.29 is 4.42 Å². The summed E-state index contributed by atoms with van der Waals surface area (Å²) in [6.07, 6.45) is 0. The molecule has 2 nitrogen and oxygen atoms in total. The molecule has 59 heavy (non-hydrogen) atoms. The van der Waals surface area contributed by atoms with E-state index in [1.54, 1.807) is 0 Å². The predicted molar refractivity (Wildman–Crippen MR) is 248 cm³/mol. The Hall–Kier alpha value is -7.42. The number of fused-ring (bicyclic) bond motifs is 6. The number of furan rings is 1. The Morgan fingerprint density at radius 3 is 1.47 bits per heavy atom. The van der Waals surface area contributed by atoms with Crippen molar-refractivity contribution in [2.24, 2.45) is 0 Å². The van der Waals surface area contributed by atoms with Gasteiger partial charge in [0.05, 0.1) is 0 Å². The molecule has 0 unspecified atom stereocenters. The van der Waals surface area contributed by atoms with Gasteiger partial charge in [0.15, 0.2) is 0 Å². The summed E-state index contributed by atoms with van der Waals surface area (Å²) in [7, 11) is 0. The van der Waals surface area contributed by atoms with E-state index in [2.05, 4.69) is 225 Å². The quantitative estimate of drug-likeness (QED) is 0.161. The number of benzene rings is 9. The monoisotopic (exact) mass is 755 g/mol. The normalized spacial score (nSPS) is 12.7. The highest BCUT2D eigenvalue weighted by atomic mass is 16.3. The number of hydrogen-bond donors (Lipinski definition) is 0. The van der Waals surface area contributed by atoms with E-state index >= 15 is 0 Å². The van der Waals surface area contributed by atoms with Gasteiger partial charge in [-0.15, -0.1) is 0 Å².